The minimum absolute atomic E-state index is 0.361. The number of aromatic hydroxyl groups is 1. The highest BCUT2D eigenvalue weighted by Crippen LogP contribution is 2.24. The first-order valence-corrected chi connectivity index (χ1v) is 4.09. The van der Waals surface area contributed by atoms with Crippen LogP contribution in [0.15, 0.2) is 30.5 Å². The summed E-state index contributed by atoms with van der Waals surface area (Å²) in [5, 5.41) is 10.4. The van der Waals surface area contributed by atoms with E-state index in [-0.39, 0.29) is 0 Å². The second kappa shape index (κ2) is 2.55. The third-order valence-corrected chi connectivity index (χ3v) is 2.13. The molecule has 0 atom stereocenters. The highest BCUT2D eigenvalue weighted by Gasteiger charge is 2.01. The fourth-order valence-corrected chi connectivity index (χ4v) is 1.48. The third-order valence-electron chi connectivity index (χ3n) is 2.13. The molecule has 0 aliphatic rings. The number of fused-ring (bicyclic) bond motifs is 1. The molecule has 0 amide bonds. The van der Waals surface area contributed by atoms with Gasteiger partial charge in [-0.1, -0.05) is 6.07 Å². The van der Waals surface area contributed by atoms with Crippen LogP contribution in [0.2, 0.25) is 0 Å². The number of hydrogen-bond acceptors (Lipinski definition) is 1. The van der Waals surface area contributed by atoms with Crippen molar-refractivity contribution in [2.45, 2.75) is 13.5 Å². The van der Waals surface area contributed by atoms with E-state index in [4.69, 9.17) is 0 Å². The van der Waals surface area contributed by atoms with Crippen molar-refractivity contribution < 1.29 is 5.11 Å². The smallest absolute Gasteiger partial charge is 0.124 e. The van der Waals surface area contributed by atoms with Crippen LogP contribution in [0.3, 0.4) is 0 Å². The lowest BCUT2D eigenvalue weighted by atomic mass is 10.2. The SMILES string of the molecule is CCn1ccc2c(O)cccc21. The number of phenols is 1. The maximum absolute atomic E-state index is 9.47. The van der Waals surface area contributed by atoms with Crippen molar-refractivity contribution in [3.63, 3.8) is 0 Å². The van der Waals surface area contributed by atoms with Gasteiger partial charge in [0, 0.05) is 18.1 Å². The first kappa shape index (κ1) is 7.22. The molecule has 0 saturated heterocycles. The monoisotopic (exact) mass is 161 g/mol. The minimum Gasteiger partial charge on any atom is -0.507 e. The second-order valence-electron chi connectivity index (χ2n) is 2.81. The van der Waals surface area contributed by atoms with Crippen molar-refractivity contribution in [1.29, 1.82) is 0 Å². The van der Waals surface area contributed by atoms with Gasteiger partial charge < -0.3 is 9.67 Å². The molecule has 12 heavy (non-hydrogen) atoms. The summed E-state index contributed by atoms with van der Waals surface area (Å²) in [5.74, 6) is 0.361. The average molecular weight is 161 g/mol. The first-order valence-electron chi connectivity index (χ1n) is 4.09. The van der Waals surface area contributed by atoms with Gasteiger partial charge in [0.1, 0.15) is 5.75 Å². The maximum atomic E-state index is 9.47. The molecule has 0 saturated carbocycles. The van der Waals surface area contributed by atoms with E-state index in [0.717, 1.165) is 17.4 Å². The molecule has 0 bridgehead atoms. The summed E-state index contributed by atoms with van der Waals surface area (Å²) in [5.41, 5.74) is 1.09. The summed E-state index contributed by atoms with van der Waals surface area (Å²) in [4.78, 5) is 0. The van der Waals surface area contributed by atoms with Crippen LogP contribution in [0.25, 0.3) is 10.9 Å². The van der Waals surface area contributed by atoms with Crippen LogP contribution < -0.4 is 0 Å². The van der Waals surface area contributed by atoms with Crippen molar-refractivity contribution in [2.24, 2.45) is 0 Å². The fourth-order valence-electron chi connectivity index (χ4n) is 1.48. The van der Waals surface area contributed by atoms with Gasteiger partial charge in [0.2, 0.25) is 0 Å². The molecule has 0 unspecified atom stereocenters. The van der Waals surface area contributed by atoms with Crippen LogP contribution in [0.5, 0.6) is 5.75 Å². The summed E-state index contributed by atoms with van der Waals surface area (Å²) in [6.45, 7) is 3.02. The minimum atomic E-state index is 0.361. The Balaban J connectivity index is 2.80. The lowest BCUT2D eigenvalue weighted by molar-refractivity contribution is 0.481. The molecule has 2 aromatic rings. The van der Waals surface area contributed by atoms with Crippen molar-refractivity contribution >= 4 is 10.9 Å². The molecule has 0 spiro atoms. The molecule has 1 aromatic carbocycles. The normalized spacial score (nSPS) is 10.8. The largest absolute Gasteiger partial charge is 0.507 e. The Hall–Kier alpha value is -1.44. The molecule has 1 heterocycles. The summed E-state index contributed by atoms with van der Waals surface area (Å²) < 4.78 is 2.11. The molecule has 0 fully saturated rings. The quantitative estimate of drug-likeness (QED) is 0.682. The topological polar surface area (TPSA) is 25.2 Å². The van der Waals surface area contributed by atoms with E-state index >= 15 is 0 Å². The molecule has 0 aliphatic carbocycles. The third kappa shape index (κ3) is 0.881. The number of benzene rings is 1. The average Bonchev–Trinajstić information content (AvgIpc) is 2.49. The first-order chi connectivity index (χ1) is 5.83. The summed E-state index contributed by atoms with van der Waals surface area (Å²) >= 11 is 0. The predicted octanol–water partition coefficient (Wildman–Crippen LogP) is 2.37. The summed E-state index contributed by atoms with van der Waals surface area (Å²) in [6, 6.07) is 7.53. The Bertz CT molecular complexity index is 403. The van der Waals surface area contributed by atoms with Gasteiger partial charge in [0.05, 0.1) is 5.52 Å². The fraction of sp³-hybridized carbons (Fsp3) is 0.200. The Kier molecular flexibility index (Phi) is 1.54. The second-order valence-corrected chi connectivity index (χ2v) is 2.81. The Morgan fingerprint density at radius 3 is 2.92 bits per heavy atom. The van der Waals surface area contributed by atoms with Gasteiger partial charge in [-0.05, 0) is 25.1 Å². The van der Waals surface area contributed by atoms with Gasteiger partial charge in [0.15, 0.2) is 0 Å². The lowest BCUT2D eigenvalue weighted by Gasteiger charge is -2.00. The van der Waals surface area contributed by atoms with Crippen molar-refractivity contribution in [3.8, 4) is 5.75 Å². The van der Waals surface area contributed by atoms with Crippen molar-refractivity contribution in [1.82, 2.24) is 4.57 Å². The van der Waals surface area contributed by atoms with E-state index in [0.29, 0.717) is 5.75 Å². The number of rotatable bonds is 1. The highest BCUT2D eigenvalue weighted by molar-refractivity contribution is 5.86. The Morgan fingerprint density at radius 1 is 1.33 bits per heavy atom. The molecule has 0 aliphatic heterocycles. The van der Waals surface area contributed by atoms with E-state index in [9.17, 15) is 5.11 Å². The zero-order valence-electron chi connectivity index (χ0n) is 6.99. The van der Waals surface area contributed by atoms with Crippen LogP contribution in [-0.2, 0) is 6.54 Å². The molecular formula is C10H11NO. The van der Waals surface area contributed by atoms with Gasteiger partial charge in [-0.25, -0.2) is 0 Å². The standard InChI is InChI=1S/C10H11NO/c1-2-11-7-6-8-9(11)4-3-5-10(8)12/h3-7,12H,2H2,1H3. The molecular weight excluding hydrogens is 150 g/mol. The number of aromatic nitrogens is 1. The lowest BCUT2D eigenvalue weighted by Crippen LogP contribution is -1.89. The van der Waals surface area contributed by atoms with Gasteiger partial charge in [-0.3, -0.25) is 0 Å². The van der Waals surface area contributed by atoms with E-state index in [1.54, 1.807) is 6.07 Å². The zero-order valence-corrected chi connectivity index (χ0v) is 6.99. The summed E-state index contributed by atoms with van der Waals surface area (Å²) in [6.07, 6.45) is 1.99. The molecule has 0 radical (unpaired) electrons. The number of phenolic OH excluding ortho intramolecular Hbond substituents is 1. The Labute approximate surface area is 71.1 Å². The number of aryl methyl sites for hydroxylation is 1. The molecule has 1 N–H and O–H groups in total. The molecule has 1 aromatic heterocycles. The zero-order chi connectivity index (χ0) is 8.55. The van der Waals surface area contributed by atoms with Crippen LogP contribution in [0.1, 0.15) is 6.92 Å². The van der Waals surface area contributed by atoms with Crippen molar-refractivity contribution in [2.75, 3.05) is 0 Å². The van der Waals surface area contributed by atoms with E-state index in [1.165, 1.54) is 0 Å². The van der Waals surface area contributed by atoms with E-state index < -0.39 is 0 Å². The van der Waals surface area contributed by atoms with Gasteiger partial charge >= 0.3 is 0 Å². The Morgan fingerprint density at radius 2 is 2.17 bits per heavy atom. The maximum Gasteiger partial charge on any atom is 0.124 e. The van der Waals surface area contributed by atoms with Gasteiger partial charge in [0.25, 0.3) is 0 Å². The van der Waals surface area contributed by atoms with Crippen LogP contribution in [0, 0.1) is 0 Å². The molecule has 62 valence electrons. The number of hydrogen-bond donors (Lipinski definition) is 1. The van der Waals surface area contributed by atoms with E-state index in [1.807, 2.05) is 24.4 Å². The molecule has 2 heteroatoms. The van der Waals surface area contributed by atoms with Gasteiger partial charge in [-0.2, -0.15) is 0 Å². The highest BCUT2D eigenvalue weighted by atomic mass is 16.3. The van der Waals surface area contributed by atoms with Crippen LogP contribution >= 0.6 is 0 Å². The van der Waals surface area contributed by atoms with Crippen molar-refractivity contribution in [3.05, 3.63) is 30.5 Å². The van der Waals surface area contributed by atoms with Crippen LogP contribution in [-0.4, -0.2) is 9.67 Å². The van der Waals surface area contributed by atoms with Crippen LogP contribution in [0.4, 0.5) is 0 Å². The van der Waals surface area contributed by atoms with Gasteiger partial charge in [-0.15, -0.1) is 0 Å². The molecule has 2 rings (SSSR count). The molecule has 2 nitrogen and oxygen atoms in total. The number of nitrogens with zero attached hydrogens (tertiary/aromatic N) is 1. The van der Waals surface area contributed by atoms with E-state index in [2.05, 4.69) is 11.5 Å². The predicted molar refractivity (Wildman–Crippen MR) is 49.3 cm³/mol. The summed E-state index contributed by atoms with van der Waals surface area (Å²) in [7, 11) is 0.